The molecule has 0 saturated carbocycles. The molecule has 166 valence electrons. The molecular formula is C23H36N4O2S. The highest BCUT2D eigenvalue weighted by atomic mass is 32.2. The average Bonchev–Trinajstić information content (AvgIpc) is 3.04. The maximum atomic E-state index is 11.9. The summed E-state index contributed by atoms with van der Waals surface area (Å²) >= 11 is -1.15. The number of nitrogens with zero attached hydrogens (tertiary/aromatic N) is 3. The van der Waals surface area contributed by atoms with Crippen LogP contribution in [0.3, 0.4) is 0 Å². The van der Waals surface area contributed by atoms with Crippen LogP contribution in [0.5, 0.6) is 0 Å². The maximum Gasteiger partial charge on any atom is 0.219 e. The van der Waals surface area contributed by atoms with E-state index in [1.54, 1.807) is 25.3 Å². The zero-order valence-corrected chi connectivity index (χ0v) is 19.8. The van der Waals surface area contributed by atoms with Crippen molar-refractivity contribution in [3.63, 3.8) is 0 Å². The molecule has 0 spiro atoms. The van der Waals surface area contributed by atoms with Gasteiger partial charge in [-0.2, -0.15) is 0 Å². The Morgan fingerprint density at radius 3 is 2.57 bits per heavy atom. The van der Waals surface area contributed by atoms with Crippen molar-refractivity contribution in [2.45, 2.75) is 52.5 Å². The lowest BCUT2D eigenvalue weighted by Crippen LogP contribution is -2.36. The molecule has 1 atom stereocenters. The fourth-order valence-corrected chi connectivity index (χ4v) is 4.85. The van der Waals surface area contributed by atoms with Crippen LogP contribution in [0.4, 0.5) is 0 Å². The lowest BCUT2D eigenvalue weighted by atomic mass is 9.88. The summed E-state index contributed by atoms with van der Waals surface area (Å²) in [5.74, 6) is 1.26. The topological polar surface area (TPSA) is 57.6 Å². The van der Waals surface area contributed by atoms with Gasteiger partial charge in [-0.25, -0.2) is 13.2 Å². The number of aromatic nitrogens is 1. The molecule has 1 unspecified atom stereocenters. The van der Waals surface area contributed by atoms with Crippen molar-refractivity contribution in [3.8, 4) is 0 Å². The normalized spacial score (nSPS) is 16.7. The summed E-state index contributed by atoms with van der Waals surface area (Å²) in [6, 6.07) is 6.89. The van der Waals surface area contributed by atoms with Gasteiger partial charge in [-0.15, -0.1) is 0 Å². The summed E-state index contributed by atoms with van der Waals surface area (Å²) in [7, 11) is 3.61. The van der Waals surface area contributed by atoms with Gasteiger partial charge in [-0.3, -0.25) is 4.79 Å². The van der Waals surface area contributed by atoms with Gasteiger partial charge in [-0.1, -0.05) is 26.0 Å². The highest BCUT2D eigenvalue weighted by Crippen LogP contribution is 2.32. The molecule has 1 aromatic carbocycles. The minimum atomic E-state index is -1.15. The van der Waals surface area contributed by atoms with E-state index in [1.807, 2.05) is 4.90 Å². The van der Waals surface area contributed by atoms with Crippen LogP contribution in [0.2, 0.25) is 0 Å². The Balaban J connectivity index is 1.80. The third kappa shape index (κ3) is 5.50. The van der Waals surface area contributed by atoms with E-state index < -0.39 is 11.2 Å². The second kappa shape index (κ2) is 10.1. The SMILES string of the molecule is CC(=O)N1CCC(c2ccc3c(CCNS(=O)N(C)C)cn(CC(C)C)c3c2)CC1. The van der Waals surface area contributed by atoms with Crippen LogP contribution in [-0.4, -0.2) is 57.6 Å². The number of hydrogen-bond donors (Lipinski definition) is 1. The molecule has 1 aliphatic rings. The molecule has 6 nitrogen and oxygen atoms in total. The average molecular weight is 433 g/mol. The quantitative estimate of drug-likeness (QED) is 0.696. The molecule has 2 heterocycles. The molecule has 1 N–H and O–H groups in total. The van der Waals surface area contributed by atoms with Gasteiger partial charge in [0.2, 0.25) is 5.91 Å². The van der Waals surface area contributed by atoms with Crippen LogP contribution in [0.15, 0.2) is 24.4 Å². The summed E-state index contributed by atoms with van der Waals surface area (Å²) in [6.07, 6.45) is 5.18. The molecule has 1 aliphatic heterocycles. The molecule has 1 amide bonds. The van der Waals surface area contributed by atoms with Crippen LogP contribution in [0.1, 0.15) is 50.7 Å². The molecule has 2 aromatic rings. The zero-order valence-electron chi connectivity index (χ0n) is 19.0. The fraction of sp³-hybridized carbons (Fsp3) is 0.609. The molecule has 1 saturated heterocycles. The Hall–Kier alpha value is -1.70. The lowest BCUT2D eigenvalue weighted by Gasteiger charge is -2.31. The van der Waals surface area contributed by atoms with Gasteiger partial charge in [0.05, 0.1) is 0 Å². The van der Waals surface area contributed by atoms with E-state index in [2.05, 4.69) is 47.5 Å². The van der Waals surface area contributed by atoms with E-state index in [9.17, 15) is 9.00 Å². The molecule has 1 fully saturated rings. The molecule has 0 radical (unpaired) electrons. The minimum Gasteiger partial charge on any atom is -0.347 e. The first-order chi connectivity index (χ1) is 14.3. The second-order valence-electron chi connectivity index (χ2n) is 8.96. The maximum absolute atomic E-state index is 11.9. The Morgan fingerprint density at radius 2 is 1.97 bits per heavy atom. The third-order valence-corrected chi connectivity index (χ3v) is 7.03. The fourth-order valence-electron chi connectivity index (χ4n) is 4.31. The number of rotatable bonds is 8. The molecular weight excluding hydrogens is 396 g/mol. The molecule has 0 bridgehead atoms. The van der Waals surface area contributed by atoms with Crippen LogP contribution >= 0.6 is 0 Å². The first kappa shape index (κ1) is 23.0. The number of hydrogen-bond acceptors (Lipinski definition) is 2. The van der Waals surface area contributed by atoms with Crippen LogP contribution in [0, 0.1) is 5.92 Å². The molecule has 1 aromatic heterocycles. The number of piperidine rings is 1. The molecule has 30 heavy (non-hydrogen) atoms. The van der Waals surface area contributed by atoms with Crippen molar-refractivity contribution < 1.29 is 9.00 Å². The van der Waals surface area contributed by atoms with Crippen molar-refractivity contribution in [1.29, 1.82) is 0 Å². The monoisotopic (exact) mass is 432 g/mol. The summed E-state index contributed by atoms with van der Waals surface area (Å²) in [5, 5.41) is 1.29. The number of fused-ring (bicyclic) bond motifs is 1. The van der Waals surface area contributed by atoms with Gasteiger partial charge in [0.25, 0.3) is 0 Å². The summed E-state index contributed by atoms with van der Waals surface area (Å²) in [5.41, 5.74) is 3.97. The van der Waals surface area contributed by atoms with Crippen LogP contribution in [-0.2, 0) is 28.9 Å². The van der Waals surface area contributed by atoms with Gasteiger partial charge < -0.3 is 9.47 Å². The van der Waals surface area contributed by atoms with Crippen molar-refractivity contribution >= 4 is 28.0 Å². The molecule has 0 aliphatic carbocycles. The van der Waals surface area contributed by atoms with Crippen molar-refractivity contribution in [2.75, 3.05) is 33.7 Å². The van der Waals surface area contributed by atoms with Crippen molar-refractivity contribution in [3.05, 3.63) is 35.5 Å². The highest BCUT2D eigenvalue weighted by molar-refractivity contribution is 7.80. The zero-order chi connectivity index (χ0) is 21.8. The van der Waals surface area contributed by atoms with Gasteiger partial charge in [0.1, 0.15) is 0 Å². The van der Waals surface area contributed by atoms with Crippen molar-refractivity contribution in [1.82, 2.24) is 18.5 Å². The minimum absolute atomic E-state index is 0.183. The first-order valence-corrected chi connectivity index (χ1v) is 12.1. The van der Waals surface area contributed by atoms with E-state index in [0.29, 0.717) is 18.4 Å². The number of amides is 1. The van der Waals surface area contributed by atoms with Gasteiger partial charge in [-0.05, 0) is 48.3 Å². The van der Waals surface area contributed by atoms with Gasteiger partial charge in [0.15, 0.2) is 11.2 Å². The van der Waals surface area contributed by atoms with E-state index >= 15 is 0 Å². The van der Waals surface area contributed by atoms with Crippen LogP contribution < -0.4 is 4.72 Å². The summed E-state index contributed by atoms with van der Waals surface area (Å²) < 4.78 is 19.1. The number of carbonyl (C=O) groups excluding carboxylic acids is 1. The van der Waals surface area contributed by atoms with E-state index in [1.165, 1.54) is 22.0 Å². The smallest absolute Gasteiger partial charge is 0.219 e. The van der Waals surface area contributed by atoms with E-state index in [0.717, 1.165) is 38.9 Å². The Bertz CT molecular complexity index is 898. The number of carbonyl (C=O) groups is 1. The van der Waals surface area contributed by atoms with Crippen molar-refractivity contribution in [2.24, 2.45) is 5.92 Å². The van der Waals surface area contributed by atoms with Gasteiger partial charge in [0, 0.05) is 64.3 Å². The third-order valence-electron chi connectivity index (χ3n) is 5.91. The Morgan fingerprint density at radius 1 is 1.27 bits per heavy atom. The van der Waals surface area contributed by atoms with Gasteiger partial charge >= 0.3 is 0 Å². The van der Waals surface area contributed by atoms with E-state index in [-0.39, 0.29) is 5.91 Å². The highest BCUT2D eigenvalue weighted by Gasteiger charge is 2.23. The lowest BCUT2D eigenvalue weighted by molar-refractivity contribution is -0.129. The second-order valence-corrected chi connectivity index (χ2v) is 10.5. The predicted octanol–water partition coefficient (Wildman–Crippen LogP) is 3.30. The molecule has 7 heteroatoms. The Labute approximate surface area is 183 Å². The standard InChI is InChI=1S/C23H36N4O2S/c1-17(2)15-27-16-21(8-11-24-30(29)25(4)5)22-7-6-20(14-23(22)27)19-9-12-26(13-10-19)18(3)28/h6-7,14,16-17,19,24H,8-13,15H2,1-5H3. The summed E-state index contributed by atoms with van der Waals surface area (Å²) in [6.45, 7) is 9.52. The summed E-state index contributed by atoms with van der Waals surface area (Å²) in [4.78, 5) is 13.6. The molecule has 3 rings (SSSR count). The largest absolute Gasteiger partial charge is 0.347 e. The first-order valence-electron chi connectivity index (χ1n) is 11.0. The number of likely N-dealkylation sites (tertiary alicyclic amines) is 1. The number of nitrogens with one attached hydrogen (secondary N) is 1. The Kier molecular flexibility index (Phi) is 7.71. The van der Waals surface area contributed by atoms with Crippen LogP contribution in [0.25, 0.3) is 10.9 Å². The predicted molar refractivity (Wildman–Crippen MR) is 125 cm³/mol. The van der Waals surface area contributed by atoms with E-state index in [4.69, 9.17) is 0 Å². The number of benzene rings is 1.